The van der Waals surface area contributed by atoms with E-state index < -0.39 is 5.97 Å². The van der Waals surface area contributed by atoms with Gasteiger partial charge in [0.2, 0.25) is 0 Å². The van der Waals surface area contributed by atoms with Crippen LogP contribution in [0.5, 0.6) is 0 Å². The Morgan fingerprint density at radius 3 is 2.57 bits per heavy atom. The molecule has 1 saturated carbocycles. The molecule has 1 aliphatic carbocycles. The average Bonchev–Trinajstić information content (AvgIpc) is 3.01. The molecule has 3 aromatic heterocycles. The normalized spacial score (nSPS) is 13.9. The van der Waals surface area contributed by atoms with Crippen molar-refractivity contribution < 1.29 is 27.0 Å². The Kier molecular flexibility index (Phi) is 8.30. The molecule has 6 nitrogen and oxygen atoms in total. The summed E-state index contributed by atoms with van der Waals surface area (Å²) in [6.07, 6.45) is 10.0. The van der Waals surface area contributed by atoms with Crippen LogP contribution in [0.15, 0.2) is 42.7 Å². The Hall–Kier alpha value is -2.08. The minimum absolute atomic E-state index is 0. The number of carboxylic acids is 1. The van der Waals surface area contributed by atoms with Crippen molar-refractivity contribution in [2.45, 2.75) is 45.1 Å². The van der Waals surface area contributed by atoms with Crippen molar-refractivity contribution in [1.82, 2.24) is 14.4 Å². The minimum atomic E-state index is -0.833. The van der Waals surface area contributed by atoms with Crippen LogP contribution in [0.4, 0.5) is 5.82 Å². The summed E-state index contributed by atoms with van der Waals surface area (Å²) in [7, 11) is 0. The van der Waals surface area contributed by atoms with Gasteiger partial charge in [-0.15, -0.1) is 0 Å². The number of carbonyl (C=O) groups is 1. The molecule has 0 unspecified atom stereocenters. The predicted octanol–water partition coefficient (Wildman–Crippen LogP) is 4.88. The van der Waals surface area contributed by atoms with E-state index in [0.717, 1.165) is 29.8 Å². The first kappa shape index (κ1) is 22.2. The molecular weight excluding hydrogens is 427 g/mol. The second kappa shape index (κ2) is 10.5. The van der Waals surface area contributed by atoms with E-state index in [2.05, 4.69) is 10.3 Å². The number of hydrogen-bond donors (Lipinski definition) is 2. The van der Waals surface area contributed by atoms with Crippen LogP contribution >= 0.6 is 11.6 Å². The summed E-state index contributed by atoms with van der Waals surface area (Å²) >= 11 is 6.20. The van der Waals surface area contributed by atoms with Crippen LogP contribution in [0.1, 0.15) is 39.0 Å². The van der Waals surface area contributed by atoms with Gasteiger partial charge in [-0.3, -0.25) is 14.2 Å². The molecule has 3 aromatic rings. The van der Waals surface area contributed by atoms with E-state index >= 15 is 0 Å². The first-order valence-electron chi connectivity index (χ1n) is 9.09. The Balaban J connectivity index is 0.000000515. The van der Waals surface area contributed by atoms with Gasteiger partial charge in [-0.1, -0.05) is 36.9 Å². The Labute approximate surface area is 179 Å². The van der Waals surface area contributed by atoms with Crippen LogP contribution in [0.3, 0.4) is 0 Å². The number of imidazole rings is 1. The molecular formula is C20H23ClCuN4O2. The number of fused-ring (bicyclic) bond motifs is 1. The molecule has 0 spiro atoms. The van der Waals surface area contributed by atoms with Crippen LogP contribution in [0, 0.1) is 0 Å². The summed E-state index contributed by atoms with van der Waals surface area (Å²) in [6.45, 7) is 1.08. The number of aromatic nitrogens is 3. The van der Waals surface area contributed by atoms with Gasteiger partial charge in [0.1, 0.15) is 17.2 Å². The van der Waals surface area contributed by atoms with Crippen LogP contribution in [-0.4, -0.2) is 31.5 Å². The molecule has 3 heterocycles. The number of nitrogens with zero attached hydrogens (tertiary/aromatic N) is 3. The Morgan fingerprint density at radius 2 is 1.93 bits per heavy atom. The SMILES string of the molecule is CC(=O)O.Clc1ccc2nc(-c3ccccn3)c(NC3CCCCC3)n2c1.[Cu]. The van der Waals surface area contributed by atoms with Gasteiger partial charge in [-0.2, -0.15) is 0 Å². The maximum absolute atomic E-state index is 9.00. The van der Waals surface area contributed by atoms with Gasteiger partial charge in [-0.05, 0) is 37.1 Å². The first-order valence-corrected chi connectivity index (χ1v) is 9.47. The zero-order valence-corrected chi connectivity index (χ0v) is 17.2. The van der Waals surface area contributed by atoms with E-state index in [1.165, 1.54) is 32.1 Å². The topological polar surface area (TPSA) is 79.5 Å². The van der Waals surface area contributed by atoms with E-state index in [9.17, 15) is 0 Å². The van der Waals surface area contributed by atoms with Gasteiger partial charge in [0.25, 0.3) is 5.97 Å². The molecule has 1 aliphatic rings. The summed E-state index contributed by atoms with van der Waals surface area (Å²) in [5, 5.41) is 11.8. The van der Waals surface area contributed by atoms with Crippen molar-refractivity contribution in [3.63, 3.8) is 0 Å². The van der Waals surface area contributed by atoms with Gasteiger partial charge < -0.3 is 10.4 Å². The average molecular weight is 450 g/mol. The number of anilines is 1. The van der Waals surface area contributed by atoms with Crippen LogP contribution in [0.25, 0.3) is 17.0 Å². The fourth-order valence-corrected chi connectivity index (χ4v) is 3.44. The van der Waals surface area contributed by atoms with Crippen molar-refractivity contribution in [1.29, 1.82) is 0 Å². The predicted molar refractivity (Wildman–Crippen MR) is 107 cm³/mol. The van der Waals surface area contributed by atoms with E-state index in [-0.39, 0.29) is 17.1 Å². The Morgan fingerprint density at radius 1 is 1.21 bits per heavy atom. The minimum Gasteiger partial charge on any atom is -0.481 e. The van der Waals surface area contributed by atoms with Crippen LogP contribution < -0.4 is 5.32 Å². The van der Waals surface area contributed by atoms with E-state index in [1.54, 1.807) is 6.20 Å². The van der Waals surface area contributed by atoms with E-state index in [1.807, 2.05) is 40.9 Å². The summed E-state index contributed by atoms with van der Waals surface area (Å²) in [4.78, 5) is 18.2. The number of pyridine rings is 2. The van der Waals surface area contributed by atoms with E-state index in [4.69, 9.17) is 26.5 Å². The smallest absolute Gasteiger partial charge is 0.300 e. The molecule has 0 aromatic carbocycles. The third-order valence-electron chi connectivity index (χ3n) is 4.44. The summed E-state index contributed by atoms with van der Waals surface area (Å²) < 4.78 is 2.04. The maximum atomic E-state index is 9.00. The number of rotatable bonds is 3. The summed E-state index contributed by atoms with van der Waals surface area (Å²) in [5.74, 6) is 0.160. The zero-order chi connectivity index (χ0) is 19.2. The molecule has 1 radical (unpaired) electrons. The molecule has 0 amide bonds. The van der Waals surface area contributed by atoms with Gasteiger partial charge in [0.15, 0.2) is 0 Å². The van der Waals surface area contributed by atoms with Crippen molar-refractivity contribution in [3.8, 4) is 11.4 Å². The summed E-state index contributed by atoms with van der Waals surface area (Å²) in [5.41, 5.74) is 2.65. The van der Waals surface area contributed by atoms with Gasteiger partial charge in [0.05, 0.1) is 10.7 Å². The maximum Gasteiger partial charge on any atom is 0.300 e. The fraction of sp³-hybridized carbons (Fsp3) is 0.350. The standard InChI is InChI=1S/C18H19ClN4.C2H4O2.Cu/c19-13-9-10-16-22-17(15-8-4-5-11-20-15)18(23(16)12-13)21-14-6-2-1-3-7-14;1-2(3)4;/h4-5,8-12,14,21H,1-3,6-7H2;1H3,(H,3,4);. The molecule has 2 N–H and O–H groups in total. The second-order valence-corrected chi connectivity index (χ2v) is 7.03. The molecule has 8 heteroatoms. The molecule has 0 aliphatic heterocycles. The third kappa shape index (κ3) is 5.71. The molecule has 1 fully saturated rings. The monoisotopic (exact) mass is 449 g/mol. The quantitative estimate of drug-likeness (QED) is 0.556. The van der Waals surface area contributed by atoms with Crippen LogP contribution in [-0.2, 0) is 21.9 Å². The van der Waals surface area contributed by atoms with Crippen molar-refractivity contribution in [2.24, 2.45) is 0 Å². The van der Waals surface area contributed by atoms with Crippen LogP contribution in [0.2, 0.25) is 5.02 Å². The molecule has 0 atom stereocenters. The van der Waals surface area contributed by atoms with Gasteiger partial charge in [0, 0.05) is 42.4 Å². The number of hydrogen-bond acceptors (Lipinski definition) is 4. The number of carboxylic acid groups (broad SMARTS) is 1. The fourth-order valence-electron chi connectivity index (χ4n) is 3.28. The van der Waals surface area contributed by atoms with Gasteiger partial charge >= 0.3 is 0 Å². The Bertz CT molecular complexity index is 907. The molecule has 28 heavy (non-hydrogen) atoms. The number of nitrogens with one attached hydrogen (secondary N) is 1. The number of halogens is 1. The summed E-state index contributed by atoms with van der Waals surface area (Å²) in [6, 6.07) is 10.2. The third-order valence-corrected chi connectivity index (χ3v) is 4.66. The first-order chi connectivity index (χ1) is 13.0. The van der Waals surface area contributed by atoms with Crippen molar-refractivity contribution in [2.75, 3.05) is 5.32 Å². The van der Waals surface area contributed by atoms with E-state index in [0.29, 0.717) is 11.1 Å². The largest absolute Gasteiger partial charge is 0.481 e. The molecule has 4 rings (SSSR count). The molecule has 0 saturated heterocycles. The van der Waals surface area contributed by atoms with Crippen molar-refractivity contribution in [3.05, 3.63) is 47.7 Å². The second-order valence-electron chi connectivity index (χ2n) is 6.60. The van der Waals surface area contributed by atoms with Gasteiger partial charge in [-0.25, -0.2) is 4.98 Å². The number of aliphatic carboxylic acids is 1. The molecule has 153 valence electrons. The molecule has 0 bridgehead atoms. The zero-order valence-electron chi connectivity index (χ0n) is 15.5. The van der Waals surface area contributed by atoms with Crippen molar-refractivity contribution >= 4 is 29.0 Å².